The number of nitrogens with zero attached hydrogens (tertiary/aromatic N) is 1. The molecule has 8 heteroatoms. The second-order valence-corrected chi connectivity index (χ2v) is 6.86. The van der Waals surface area contributed by atoms with Crippen LogP contribution in [0.2, 0.25) is 0 Å². The third kappa shape index (κ3) is 4.42. The number of benzene rings is 2. The van der Waals surface area contributed by atoms with E-state index in [0.29, 0.717) is 41.5 Å². The van der Waals surface area contributed by atoms with E-state index in [9.17, 15) is 9.59 Å². The van der Waals surface area contributed by atoms with Crippen LogP contribution in [-0.2, 0) is 11.2 Å². The summed E-state index contributed by atoms with van der Waals surface area (Å²) in [4.78, 5) is 24.7. The van der Waals surface area contributed by atoms with Crippen LogP contribution in [0.1, 0.15) is 22.8 Å². The van der Waals surface area contributed by atoms with E-state index in [1.807, 2.05) is 12.1 Å². The standard InChI is InChI=1S/C23H26N2O6/c1-14(26)24-9-8-15-13-25(19-7-6-17(28-2)12-18(15)19)23(27)16-10-20(29-3)22(31-5)21(11-16)30-4/h6-7,10-13H,8-9H2,1-5H3,(H,24,26). The molecule has 1 N–H and O–H groups in total. The van der Waals surface area contributed by atoms with Gasteiger partial charge in [-0.25, -0.2) is 0 Å². The van der Waals surface area contributed by atoms with Gasteiger partial charge in [0, 0.05) is 30.6 Å². The molecule has 2 aromatic carbocycles. The Labute approximate surface area is 180 Å². The molecular weight excluding hydrogens is 400 g/mol. The minimum atomic E-state index is -0.250. The van der Waals surface area contributed by atoms with Crippen molar-refractivity contribution >= 4 is 22.7 Å². The van der Waals surface area contributed by atoms with Gasteiger partial charge in [-0.2, -0.15) is 0 Å². The SMILES string of the molecule is COc1ccc2c(c1)c(CCNC(C)=O)cn2C(=O)c1cc(OC)c(OC)c(OC)c1. The summed E-state index contributed by atoms with van der Waals surface area (Å²) >= 11 is 0. The summed E-state index contributed by atoms with van der Waals surface area (Å²) in [7, 11) is 6.11. The van der Waals surface area contributed by atoms with E-state index in [1.54, 1.807) is 36.1 Å². The van der Waals surface area contributed by atoms with Gasteiger partial charge in [0.25, 0.3) is 5.91 Å². The Morgan fingerprint density at radius 3 is 2.16 bits per heavy atom. The summed E-state index contributed by atoms with van der Waals surface area (Å²) in [6.45, 7) is 1.93. The van der Waals surface area contributed by atoms with Crippen LogP contribution in [-0.4, -0.2) is 51.4 Å². The summed E-state index contributed by atoms with van der Waals surface area (Å²) in [6.07, 6.45) is 2.36. The lowest BCUT2D eigenvalue weighted by Crippen LogP contribution is -2.22. The molecule has 1 amide bonds. The van der Waals surface area contributed by atoms with Crippen LogP contribution in [0.4, 0.5) is 0 Å². The second kappa shape index (κ2) is 9.42. The van der Waals surface area contributed by atoms with Crippen molar-refractivity contribution in [3.63, 3.8) is 0 Å². The highest BCUT2D eigenvalue weighted by atomic mass is 16.5. The van der Waals surface area contributed by atoms with Gasteiger partial charge in [0.05, 0.1) is 34.0 Å². The Morgan fingerprint density at radius 1 is 0.935 bits per heavy atom. The molecule has 0 atom stereocenters. The summed E-state index contributed by atoms with van der Waals surface area (Å²) in [6, 6.07) is 8.77. The molecule has 1 heterocycles. The van der Waals surface area contributed by atoms with Crippen molar-refractivity contribution in [1.29, 1.82) is 0 Å². The van der Waals surface area contributed by atoms with Gasteiger partial charge in [0.2, 0.25) is 11.7 Å². The third-order valence-corrected chi connectivity index (χ3v) is 4.99. The lowest BCUT2D eigenvalue weighted by atomic mass is 10.1. The molecular formula is C23H26N2O6. The number of carbonyl (C=O) groups excluding carboxylic acids is 2. The van der Waals surface area contributed by atoms with Gasteiger partial charge in [0.1, 0.15) is 5.75 Å². The highest BCUT2D eigenvalue weighted by Crippen LogP contribution is 2.38. The molecule has 8 nitrogen and oxygen atoms in total. The number of aromatic nitrogens is 1. The quantitative estimate of drug-likeness (QED) is 0.596. The molecule has 3 rings (SSSR count). The average molecular weight is 426 g/mol. The lowest BCUT2D eigenvalue weighted by molar-refractivity contribution is -0.118. The maximum absolute atomic E-state index is 13.5. The van der Waals surface area contributed by atoms with Gasteiger partial charge in [0.15, 0.2) is 11.5 Å². The largest absolute Gasteiger partial charge is 0.497 e. The number of methoxy groups -OCH3 is 4. The highest BCUT2D eigenvalue weighted by molar-refractivity contribution is 6.04. The zero-order valence-electron chi connectivity index (χ0n) is 18.3. The Morgan fingerprint density at radius 2 is 1.61 bits per heavy atom. The van der Waals surface area contributed by atoms with Crippen molar-refractivity contribution < 1.29 is 28.5 Å². The summed E-state index contributed by atoms with van der Waals surface area (Å²) < 4.78 is 23.0. The van der Waals surface area contributed by atoms with Crippen molar-refractivity contribution in [1.82, 2.24) is 9.88 Å². The summed E-state index contributed by atoms with van der Waals surface area (Å²) in [5.74, 6) is 1.55. The number of fused-ring (bicyclic) bond motifs is 1. The summed E-state index contributed by atoms with van der Waals surface area (Å²) in [5.41, 5.74) is 2.04. The van der Waals surface area contributed by atoms with E-state index in [0.717, 1.165) is 16.5 Å². The van der Waals surface area contributed by atoms with Crippen LogP contribution < -0.4 is 24.3 Å². The van der Waals surface area contributed by atoms with Crippen LogP contribution in [0.3, 0.4) is 0 Å². The van der Waals surface area contributed by atoms with Crippen molar-refractivity contribution in [3.8, 4) is 23.0 Å². The number of rotatable bonds is 8. The smallest absolute Gasteiger partial charge is 0.262 e. The van der Waals surface area contributed by atoms with Crippen LogP contribution >= 0.6 is 0 Å². The molecule has 0 unspecified atom stereocenters. The van der Waals surface area contributed by atoms with E-state index in [2.05, 4.69) is 5.32 Å². The molecule has 0 spiro atoms. The average Bonchev–Trinajstić information content (AvgIpc) is 3.14. The van der Waals surface area contributed by atoms with Gasteiger partial charge >= 0.3 is 0 Å². The zero-order valence-corrected chi connectivity index (χ0v) is 18.3. The van der Waals surface area contributed by atoms with Gasteiger partial charge in [-0.1, -0.05) is 0 Å². The van der Waals surface area contributed by atoms with Gasteiger partial charge in [-0.05, 0) is 42.3 Å². The van der Waals surface area contributed by atoms with E-state index in [4.69, 9.17) is 18.9 Å². The fraction of sp³-hybridized carbons (Fsp3) is 0.304. The molecule has 0 fully saturated rings. The normalized spacial score (nSPS) is 10.6. The van der Waals surface area contributed by atoms with Gasteiger partial charge in [-0.3, -0.25) is 14.2 Å². The fourth-order valence-electron chi connectivity index (χ4n) is 3.49. The van der Waals surface area contributed by atoms with Crippen LogP contribution in [0.5, 0.6) is 23.0 Å². The number of nitrogens with one attached hydrogen (secondary N) is 1. The van der Waals surface area contributed by atoms with E-state index < -0.39 is 0 Å². The molecule has 0 bridgehead atoms. The Hall–Kier alpha value is -3.68. The molecule has 0 aliphatic heterocycles. The maximum atomic E-state index is 13.5. The molecule has 0 aliphatic carbocycles. The highest BCUT2D eigenvalue weighted by Gasteiger charge is 2.20. The second-order valence-electron chi connectivity index (χ2n) is 6.86. The van der Waals surface area contributed by atoms with E-state index >= 15 is 0 Å². The molecule has 0 saturated carbocycles. The first-order valence-corrected chi connectivity index (χ1v) is 9.70. The first-order valence-electron chi connectivity index (χ1n) is 9.70. The van der Waals surface area contributed by atoms with Crippen LogP contribution in [0.15, 0.2) is 36.5 Å². The topological polar surface area (TPSA) is 88.0 Å². The fourth-order valence-corrected chi connectivity index (χ4v) is 3.49. The number of carbonyl (C=O) groups is 2. The Balaban J connectivity index is 2.09. The van der Waals surface area contributed by atoms with E-state index in [1.165, 1.54) is 28.3 Å². The molecule has 31 heavy (non-hydrogen) atoms. The lowest BCUT2D eigenvalue weighted by Gasteiger charge is -2.14. The molecule has 1 aromatic heterocycles. The molecule has 0 radical (unpaired) electrons. The molecule has 3 aromatic rings. The number of hydrogen-bond acceptors (Lipinski definition) is 6. The van der Waals surface area contributed by atoms with Crippen LogP contribution in [0.25, 0.3) is 10.9 Å². The Kier molecular flexibility index (Phi) is 6.69. The van der Waals surface area contributed by atoms with Crippen molar-refractivity contribution in [2.24, 2.45) is 0 Å². The molecule has 164 valence electrons. The maximum Gasteiger partial charge on any atom is 0.262 e. The molecule has 0 aliphatic rings. The zero-order chi connectivity index (χ0) is 22.5. The van der Waals surface area contributed by atoms with Gasteiger partial charge in [-0.15, -0.1) is 0 Å². The van der Waals surface area contributed by atoms with Crippen molar-refractivity contribution in [2.75, 3.05) is 35.0 Å². The van der Waals surface area contributed by atoms with Crippen molar-refractivity contribution in [2.45, 2.75) is 13.3 Å². The van der Waals surface area contributed by atoms with Gasteiger partial charge < -0.3 is 24.3 Å². The number of amides is 1. The third-order valence-electron chi connectivity index (χ3n) is 4.99. The Bertz CT molecular complexity index is 1090. The van der Waals surface area contributed by atoms with Crippen LogP contribution in [0, 0.1) is 0 Å². The van der Waals surface area contributed by atoms with E-state index in [-0.39, 0.29) is 11.8 Å². The first kappa shape index (κ1) is 22.0. The number of hydrogen-bond donors (Lipinski definition) is 1. The minimum Gasteiger partial charge on any atom is -0.497 e. The first-order chi connectivity index (χ1) is 14.9. The predicted octanol–water partition coefficient (Wildman–Crippen LogP) is 3.04. The summed E-state index contributed by atoms with van der Waals surface area (Å²) in [5, 5.41) is 3.67. The monoisotopic (exact) mass is 426 g/mol. The predicted molar refractivity (Wildman–Crippen MR) is 117 cm³/mol. The van der Waals surface area contributed by atoms with Crippen molar-refractivity contribution in [3.05, 3.63) is 47.7 Å². The number of ether oxygens (including phenoxy) is 4. The minimum absolute atomic E-state index is 0.102. The molecule has 0 saturated heterocycles.